The van der Waals surface area contributed by atoms with Gasteiger partial charge in [0, 0.05) is 0 Å². The van der Waals surface area contributed by atoms with Gasteiger partial charge in [-0.15, -0.1) is 0 Å². The van der Waals surface area contributed by atoms with Crippen molar-refractivity contribution in [2.75, 3.05) is 0 Å². The Morgan fingerprint density at radius 1 is 1.26 bits per heavy atom. The highest BCUT2D eigenvalue weighted by molar-refractivity contribution is 7.89. The predicted octanol–water partition coefficient (Wildman–Crippen LogP) is 1.05. The van der Waals surface area contributed by atoms with Crippen LogP contribution in [-0.4, -0.2) is 20.4 Å². The van der Waals surface area contributed by atoms with Crippen LogP contribution in [0.15, 0.2) is 23.1 Å². The summed E-state index contributed by atoms with van der Waals surface area (Å²) in [4.78, 5) is 10.7. The molecule has 0 heterocycles. The van der Waals surface area contributed by atoms with Crippen LogP contribution in [0.5, 0.6) is 0 Å². The zero-order valence-corrected chi connectivity index (χ0v) is 12.5. The van der Waals surface area contributed by atoms with E-state index in [1.807, 2.05) is 0 Å². The third kappa shape index (κ3) is 4.07. The minimum Gasteiger partial charge on any atom is -0.548 e. The summed E-state index contributed by atoms with van der Waals surface area (Å²) in [5.74, 6) is -1.94. The molecule has 106 valence electrons. The predicted molar refractivity (Wildman–Crippen MR) is 70.4 cm³/mol. The number of carbonyl (C=O) groups is 1. The number of hydrogen-bond acceptors (Lipinski definition) is 4. The molecule has 19 heavy (non-hydrogen) atoms. The minimum absolute atomic E-state index is 0.0686. The van der Waals surface area contributed by atoms with Crippen LogP contribution in [0.3, 0.4) is 0 Å². The molecule has 0 spiro atoms. The van der Waals surface area contributed by atoms with Crippen molar-refractivity contribution in [1.29, 1.82) is 0 Å². The SMILES string of the molecule is CC(C)[C@@H](NS(=O)(=O)c1ccc(Cl)c(Cl)c1)C(=O)[O-]. The van der Waals surface area contributed by atoms with Crippen molar-refractivity contribution in [3.8, 4) is 0 Å². The Bertz CT molecular complexity index is 586. The van der Waals surface area contributed by atoms with Gasteiger partial charge in [-0.25, -0.2) is 13.1 Å². The molecule has 0 unspecified atom stereocenters. The van der Waals surface area contributed by atoms with Crippen LogP contribution in [0.4, 0.5) is 0 Å². The normalized spacial score (nSPS) is 13.5. The van der Waals surface area contributed by atoms with Crippen molar-refractivity contribution in [3.05, 3.63) is 28.2 Å². The first-order chi connectivity index (χ1) is 8.65. The van der Waals surface area contributed by atoms with Crippen molar-refractivity contribution in [2.45, 2.75) is 24.8 Å². The highest BCUT2D eigenvalue weighted by Crippen LogP contribution is 2.25. The summed E-state index contributed by atoms with van der Waals surface area (Å²) in [5, 5.41) is 11.2. The molecular weight excluding hydrogens is 313 g/mol. The van der Waals surface area contributed by atoms with Gasteiger partial charge in [-0.05, 0) is 24.1 Å². The van der Waals surface area contributed by atoms with Gasteiger partial charge in [-0.2, -0.15) is 0 Å². The summed E-state index contributed by atoms with van der Waals surface area (Å²) < 4.78 is 26.1. The van der Waals surface area contributed by atoms with Crippen molar-refractivity contribution in [1.82, 2.24) is 4.72 Å². The summed E-state index contributed by atoms with van der Waals surface area (Å²) in [6.45, 7) is 3.13. The van der Waals surface area contributed by atoms with Crippen LogP contribution in [0.2, 0.25) is 10.0 Å². The number of sulfonamides is 1. The zero-order valence-electron chi connectivity index (χ0n) is 10.2. The number of nitrogens with one attached hydrogen (secondary N) is 1. The lowest BCUT2D eigenvalue weighted by atomic mass is 10.1. The zero-order chi connectivity index (χ0) is 14.8. The largest absolute Gasteiger partial charge is 0.548 e. The Labute approximate surface area is 121 Å². The first kappa shape index (κ1) is 16.2. The average molecular weight is 325 g/mol. The molecule has 8 heteroatoms. The van der Waals surface area contributed by atoms with Gasteiger partial charge in [0.05, 0.1) is 27.0 Å². The van der Waals surface area contributed by atoms with Crippen LogP contribution >= 0.6 is 23.2 Å². The molecule has 1 N–H and O–H groups in total. The fraction of sp³-hybridized carbons (Fsp3) is 0.364. The van der Waals surface area contributed by atoms with Crippen LogP contribution in [0.1, 0.15) is 13.8 Å². The summed E-state index contributed by atoms with van der Waals surface area (Å²) in [6.07, 6.45) is 0. The maximum Gasteiger partial charge on any atom is 0.241 e. The number of hydrogen-bond donors (Lipinski definition) is 1. The number of benzene rings is 1. The van der Waals surface area contributed by atoms with Crippen molar-refractivity contribution in [3.63, 3.8) is 0 Å². The van der Waals surface area contributed by atoms with E-state index in [0.717, 1.165) is 6.07 Å². The van der Waals surface area contributed by atoms with E-state index in [0.29, 0.717) is 0 Å². The lowest BCUT2D eigenvalue weighted by Crippen LogP contribution is -2.50. The Hall–Kier alpha value is -0.820. The molecule has 5 nitrogen and oxygen atoms in total. The lowest BCUT2D eigenvalue weighted by Gasteiger charge is -2.23. The first-order valence-electron chi connectivity index (χ1n) is 5.33. The summed E-state index contributed by atoms with van der Waals surface area (Å²) in [5.41, 5.74) is 0. The molecule has 0 radical (unpaired) electrons. The fourth-order valence-electron chi connectivity index (χ4n) is 1.34. The maximum atomic E-state index is 12.0. The smallest absolute Gasteiger partial charge is 0.241 e. The highest BCUT2D eigenvalue weighted by atomic mass is 35.5. The number of carbonyl (C=O) groups excluding carboxylic acids is 1. The summed E-state index contributed by atoms with van der Waals surface area (Å²) >= 11 is 11.4. The van der Waals surface area contributed by atoms with E-state index >= 15 is 0 Å². The summed E-state index contributed by atoms with van der Waals surface area (Å²) in [7, 11) is -4.00. The number of carboxylic acids is 1. The number of aliphatic carboxylic acids is 1. The Morgan fingerprint density at radius 3 is 2.26 bits per heavy atom. The number of rotatable bonds is 5. The quantitative estimate of drug-likeness (QED) is 0.876. The number of halogens is 2. The molecular formula is C11H12Cl2NO4S-. The highest BCUT2D eigenvalue weighted by Gasteiger charge is 2.23. The molecule has 0 aliphatic heterocycles. The Kier molecular flexibility index (Phi) is 5.20. The third-order valence-corrected chi connectivity index (χ3v) is 4.58. The molecule has 1 atom stereocenters. The van der Waals surface area contributed by atoms with Gasteiger partial charge in [0.15, 0.2) is 0 Å². The summed E-state index contributed by atoms with van der Waals surface area (Å²) in [6, 6.07) is 2.39. The molecule has 0 saturated heterocycles. The second kappa shape index (κ2) is 6.09. The molecule has 0 aliphatic rings. The molecule has 0 fully saturated rings. The monoisotopic (exact) mass is 324 g/mol. The molecule has 1 aromatic carbocycles. The molecule has 0 bridgehead atoms. The van der Waals surface area contributed by atoms with Gasteiger partial charge in [0.2, 0.25) is 10.0 Å². The van der Waals surface area contributed by atoms with Crippen molar-refractivity contribution >= 4 is 39.2 Å². The van der Waals surface area contributed by atoms with E-state index in [-0.39, 0.29) is 14.9 Å². The second-order valence-electron chi connectivity index (χ2n) is 4.24. The van der Waals surface area contributed by atoms with Gasteiger partial charge in [0.25, 0.3) is 0 Å². The van der Waals surface area contributed by atoms with Gasteiger partial charge in [-0.3, -0.25) is 0 Å². The van der Waals surface area contributed by atoms with Crippen LogP contribution in [-0.2, 0) is 14.8 Å². The van der Waals surface area contributed by atoms with Crippen molar-refractivity contribution in [2.24, 2.45) is 5.92 Å². The molecule has 0 amide bonds. The first-order valence-corrected chi connectivity index (χ1v) is 7.57. The Balaban J connectivity index is 3.10. The molecule has 1 rings (SSSR count). The van der Waals surface area contributed by atoms with E-state index in [4.69, 9.17) is 23.2 Å². The van der Waals surface area contributed by atoms with E-state index < -0.39 is 28.0 Å². The van der Waals surface area contributed by atoms with E-state index in [9.17, 15) is 18.3 Å². The number of carboxylic acid groups (broad SMARTS) is 1. The lowest BCUT2D eigenvalue weighted by molar-refractivity contribution is -0.309. The van der Waals surface area contributed by atoms with Gasteiger partial charge >= 0.3 is 0 Å². The molecule has 0 aromatic heterocycles. The Morgan fingerprint density at radius 2 is 1.84 bits per heavy atom. The minimum atomic E-state index is -4.00. The molecule has 0 aliphatic carbocycles. The maximum absolute atomic E-state index is 12.0. The third-order valence-electron chi connectivity index (χ3n) is 2.40. The molecule has 1 aromatic rings. The topological polar surface area (TPSA) is 86.3 Å². The van der Waals surface area contributed by atoms with Gasteiger partial charge in [0.1, 0.15) is 0 Å². The fourth-order valence-corrected chi connectivity index (χ4v) is 3.06. The van der Waals surface area contributed by atoms with Crippen molar-refractivity contribution < 1.29 is 18.3 Å². The van der Waals surface area contributed by atoms with E-state index in [1.165, 1.54) is 12.1 Å². The van der Waals surface area contributed by atoms with Gasteiger partial charge < -0.3 is 9.90 Å². The standard InChI is InChI=1S/C11H13Cl2NO4S/c1-6(2)10(11(15)16)14-19(17,18)7-3-4-8(12)9(13)5-7/h3-6,10,14H,1-2H3,(H,15,16)/p-1/t10-/m1/s1. The van der Waals surface area contributed by atoms with Gasteiger partial charge in [-0.1, -0.05) is 37.0 Å². The molecule has 0 saturated carbocycles. The van der Waals surface area contributed by atoms with E-state index in [2.05, 4.69) is 4.72 Å². The van der Waals surface area contributed by atoms with Crippen LogP contribution < -0.4 is 9.83 Å². The van der Waals surface area contributed by atoms with Crippen LogP contribution in [0.25, 0.3) is 0 Å². The second-order valence-corrected chi connectivity index (χ2v) is 6.77. The van der Waals surface area contributed by atoms with E-state index in [1.54, 1.807) is 13.8 Å². The average Bonchev–Trinajstić information content (AvgIpc) is 2.28. The van der Waals surface area contributed by atoms with Crippen LogP contribution in [0, 0.1) is 5.92 Å².